The van der Waals surface area contributed by atoms with E-state index < -0.39 is 10.0 Å². The largest absolute Gasteiger partial charge is 0.368 e. The third-order valence-electron chi connectivity index (χ3n) is 4.54. The molecule has 0 saturated carbocycles. The Kier molecular flexibility index (Phi) is 6.82. The fourth-order valence-electron chi connectivity index (χ4n) is 3.05. The summed E-state index contributed by atoms with van der Waals surface area (Å²) in [5, 5.41) is 1.03. The Bertz CT molecular complexity index is 945. The molecule has 0 atom stereocenters. The zero-order chi connectivity index (χ0) is 20.1. The Balaban J connectivity index is 1.47. The fraction of sp³-hybridized carbons (Fsp3) is 0.316. The predicted octanol–water partition coefficient (Wildman–Crippen LogP) is 3.01. The van der Waals surface area contributed by atoms with Crippen molar-refractivity contribution >= 4 is 44.8 Å². The second-order valence-corrected chi connectivity index (χ2v) is 9.09. The van der Waals surface area contributed by atoms with Crippen LogP contribution in [0.4, 0.5) is 5.69 Å². The maximum Gasteiger partial charge on any atom is 0.240 e. The number of nitrogens with one attached hydrogen (secondary N) is 1. The summed E-state index contributed by atoms with van der Waals surface area (Å²) in [6.07, 6.45) is 0.108. The zero-order valence-corrected chi connectivity index (χ0v) is 17.5. The number of hydrogen-bond donors (Lipinski definition) is 1. The van der Waals surface area contributed by atoms with Gasteiger partial charge in [0.15, 0.2) is 0 Å². The SMILES string of the molecule is O=C(CCNS(=O)(=O)c1cccc(Cl)c1)N1CCN(c2cccc(Cl)c2)CC1. The van der Waals surface area contributed by atoms with Gasteiger partial charge < -0.3 is 9.80 Å². The minimum Gasteiger partial charge on any atom is -0.368 e. The molecule has 1 aliphatic rings. The average molecular weight is 442 g/mol. The third kappa shape index (κ3) is 5.38. The van der Waals surface area contributed by atoms with Crippen LogP contribution in [0.1, 0.15) is 6.42 Å². The van der Waals surface area contributed by atoms with Crippen LogP contribution in [0, 0.1) is 0 Å². The highest BCUT2D eigenvalue weighted by molar-refractivity contribution is 7.89. The second kappa shape index (κ2) is 9.13. The number of sulfonamides is 1. The summed E-state index contributed by atoms with van der Waals surface area (Å²) >= 11 is 11.9. The van der Waals surface area contributed by atoms with E-state index in [0.29, 0.717) is 36.2 Å². The van der Waals surface area contributed by atoms with Gasteiger partial charge in [-0.3, -0.25) is 4.79 Å². The van der Waals surface area contributed by atoms with Crippen molar-refractivity contribution in [2.24, 2.45) is 0 Å². The van der Waals surface area contributed by atoms with Crippen LogP contribution in [0.15, 0.2) is 53.4 Å². The number of amides is 1. The van der Waals surface area contributed by atoms with Gasteiger partial charge in [0.1, 0.15) is 0 Å². The van der Waals surface area contributed by atoms with Crippen molar-refractivity contribution in [3.05, 3.63) is 58.6 Å². The molecule has 3 rings (SSSR count). The van der Waals surface area contributed by atoms with Crippen molar-refractivity contribution in [2.45, 2.75) is 11.3 Å². The molecule has 0 unspecified atom stereocenters. The molecule has 1 N–H and O–H groups in total. The number of rotatable bonds is 6. The summed E-state index contributed by atoms with van der Waals surface area (Å²) in [6, 6.07) is 13.6. The lowest BCUT2D eigenvalue weighted by atomic mass is 10.2. The molecule has 0 bridgehead atoms. The molecule has 0 aliphatic carbocycles. The van der Waals surface area contributed by atoms with Gasteiger partial charge in [0, 0.05) is 54.9 Å². The smallest absolute Gasteiger partial charge is 0.240 e. The molecular formula is C19H21Cl2N3O3S. The van der Waals surface area contributed by atoms with Gasteiger partial charge in [-0.25, -0.2) is 13.1 Å². The first-order valence-corrected chi connectivity index (χ1v) is 11.1. The van der Waals surface area contributed by atoms with Gasteiger partial charge in [-0.05, 0) is 36.4 Å². The molecule has 0 aromatic heterocycles. The predicted molar refractivity (Wildman–Crippen MR) is 112 cm³/mol. The average Bonchev–Trinajstić information content (AvgIpc) is 2.68. The molecular weight excluding hydrogens is 421 g/mol. The minimum absolute atomic E-state index is 0.0438. The van der Waals surface area contributed by atoms with Crippen LogP contribution < -0.4 is 9.62 Å². The summed E-state index contributed by atoms with van der Waals surface area (Å²) in [6.45, 7) is 2.64. The van der Waals surface area contributed by atoms with Crippen LogP contribution in [-0.4, -0.2) is 51.9 Å². The van der Waals surface area contributed by atoms with Gasteiger partial charge in [0.2, 0.25) is 15.9 Å². The lowest BCUT2D eigenvalue weighted by Crippen LogP contribution is -2.49. The van der Waals surface area contributed by atoms with E-state index in [1.165, 1.54) is 12.1 Å². The number of carbonyl (C=O) groups is 1. The Hall–Kier alpha value is -1.80. The maximum atomic E-state index is 12.4. The second-order valence-electron chi connectivity index (χ2n) is 6.45. The van der Waals surface area contributed by atoms with Gasteiger partial charge in [-0.15, -0.1) is 0 Å². The van der Waals surface area contributed by atoms with Crippen LogP contribution in [0.3, 0.4) is 0 Å². The number of carbonyl (C=O) groups excluding carboxylic acids is 1. The topological polar surface area (TPSA) is 69.7 Å². The molecule has 6 nitrogen and oxygen atoms in total. The van der Waals surface area contributed by atoms with E-state index in [1.54, 1.807) is 17.0 Å². The van der Waals surface area contributed by atoms with Crippen LogP contribution in [0.2, 0.25) is 10.0 Å². The van der Waals surface area contributed by atoms with Crippen molar-refractivity contribution in [3.63, 3.8) is 0 Å². The molecule has 2 aromatic rings. The van der Waals surface area contributed by atoms with Crippen molar-refractivity contribution in [2.75, 3.05) is 37.6 Å². The highest BCUT2D eigenvalue weighted by atomic mass is 35.5. The first-order valence-electron chi connectivity index (χ1n) is 8.89. The van der Waals surface area contributed by atoms with Crippen LogP contribution in [-0.2, 0) is 14.8 Å². The normalized spacial score (nSPS) is 14.9. The van der Waals surface area contributed by atoms with E-state index in [0.717, 1.165) is 5.69 Å². The van der Waals surface area contributed by atoms with Crippen molar-refractivity contribution in [3.8, 4) is 0 Å². The highest BCUT2D eigenvalue weighted by Gasteiger charge is 2.22. The van der Waals surface area contributed by atoms with Crippen LogP contribution >= 0.6 is 23.2 Å². The molecule has 150 valence electrons. The lowest BCUT2D eigenvalue weighted by Gasteiger charge is -2.36. The number of halogens is 2. The van der Waals surface area contributed by atoms with Gasteiger partial charge in [-0.2, -0.15) is 0 Å². The molecule has 0 radical (unpaired) electrons. The molecule has 0 spiro atoms. The first kappa shape index (κ1) is 20.9. The summed E-state index contributed by atoms with van der Waals surface area (Å²) in [7, 11) is -3.68. The van der Waals surface area contributed by atoms with E-state index in [-0.39, 0.29) is 23.8 Å². The molecule has 9 heteroatoms. The quantitative estimate of drug-likeness (QED) is 0.747. The number of nitrogens with zero attached hydrogens (tertiary/aromatic N) is 2. The van der Waals surface area contributed by atoms with Gasteiger partial charge in [0.25, 0.3) is 0 Å². The number of benzene rings is 2. The highest BCUT2D eigenvalue weighted by Crippen LogP contribution is 2.21. The van der Waals surface area contributed by atoms with E-state index >= 15 is 0 Å². The van der Waals surface area contributed by atoms with Crippen molar-refractivity contribution < 1.29 is 13.2 Å². The Morgan fingerprint density at radius 2 is 1.61 bits per heavy atom. The molecule has 1 saturated heterocycles. The summed E-state index contributed by atoms with van der Waals surface area (Å²) in [5.41, 5.74) is 1.04. The molecule has 1 fully saturated rings. The standard InChI is InChI=1S/C19H21Cl2N3O3S/c20-15-3-1-5-17(13-15)23-9-11-24(12-10-23)19(25)7-8-22-28(26,27)18-6-2-4-16(21)14-18/h1-6,13-14,22H,7-12H2. The van der Waals surface area contributed by atoms with E-state index in [1.807, 2.05) is 24.3 Å². The van der Waals surface area contributed by atoms with E-state index in [9.17, 15) is 13.2 Å². The number of piperazine rings is 1. The van der Waals surface area contributed by atoms with Gasteiger partial charge >= 0.3 is 0 Å². The molecule has 28 heavy (non-hydrogen) atoms. The van der Waals surface area contributed by atoms with Crippen molar-refractivity contribution in [1.29, 1.82) is 0 Å². The number of hydrogen-bond acceptors (Lipinski definition) is 4. The molecule has 1 aliphatic heterocycles. The third-order valence-corrected chi connectivity index (χ3v) is 6.47. The first-order chi connectivity index (χ1) is 13.3. The van der Waals surface area contributed by atoms with Gasteiger partial charge in [-0.1, -0.05) is 35.3 Å². The summed E-state index contributed by atoms with van der Waals surface area (Å²) in [5.74, 6) is -0.0699. The van der Waals surface area contributed by atoms with Gasteiger partial charge in [0.05, 0.1) is 4.90 Å². The molecule has 1 amide bonds. The Morgan fingerprint density at radius 1 is 0.964 bits per heavy atom. The van der Waals surface area contributed by atoms with E-state index in [2.05, 4.69) is 9.62 Å². The Morgan fingerprint density at radius 3 is 2.25 bits per heavy atom. The number of anilines is 1. The van der Waals surface area contributed by atoms with Crippen LogP contribution in [0.5, 0.6) is 0 Å². The Labute approximate surface area is 175 Å². The monoisotopic (exact) mass is 441 g/mol. The maximum absolute atomic E-state index is 12.4. The minimum atomic E-state index is -3.68. The summed E-state index contributed by atoms with van der Waals surface area (Å²) in [4.78, 5) is 16.4. The lowest BCUT2D eigenvalue weighted by molar-refractivity contribution is -0.131. The summed E-state index contributed by atoms with van der Waals surface area (Å²) < 4.78 is 27.0. The molecule has 2 aromatic carbocycles. The van der Waals surface area contributed by atoms with Crippen LogP contribution in [0.25, 0.3) is 0 Å². The zero-order valence-electron chi connectivity index (χ0n) is 15.1. The molecule has 1 heterocycles. The van der Waals surface area contributed by atoms with E-state index in [4.69, 9.17) is 23.2 Å². The van der Waals surface area contributed by atoms with Crippen molar-refractivity contribution in [1.82, 2.24) is 9.62 Å². The fourth-order valence-corrected chi connectivity index (χ4v) is 4.57.